The third kappa shape index (κ3) is 3.27. The molecule has 2 unspecified atom stereocenters. The van der Waals surface area contributed by atoms with Gasteiger partial charge in [-0.1, -0.05) is 47.5 Å². The summed E-state index contributed by atoms with van der Waals surface area (Å²) < 4.78 is 54.1. The van der Waals surface area contributed by atoms with Crippen molar-refractivity contribution in [3.8, 4) is 0 Å². The molecule has 0 aliphatic carbocycles. The Labute approximate surface area is 175 Å². The number of rotatable bonds is 4. The van der Waals surface area contributed by atoms with Crippen molar-refractivity contribution in [2.24, 2.45) is 0 Å². The number of fused-ring (bicyclic) bond motifs is 2. The lowest BCUT2D eigenvalue weighted by Crippen LogP contribution is -2.49. The number of piperidine rings is 1. The van der Waals surface area contributed by atoms with Gasteiger partial charge in [-0.2, -0.15) is 4.31 Å². The van der Waals surface area contributed by atoms with E-state index in [1.807, 2.05) is 0 Å². The lowest BCUT2D eigenvalue weighted by atomic mass is 10.1. The van der Waals surface area contributed by atoms with Crippen LogP contribution in [0.1, 0.15) is 25.7 Å². The molecule has 2 aromatic rings. The van der Waals surface area contributed by atoms with Gasteiger partial charge in [0, 0.05) is 12.1 Å². The molecule has 0 radical (unpaired) electrons. The first-order valence-corrected chi connectivity index (χ1v) is 12.7. The lowest BCUT2D eigenvalue weighted by Gasteiger charge is -2.37. The monoisotopic (exact) mass is 459 g/mol. The predicted molar refractivity (Wildman–Crippen MR) is 109 cm³/mol. The van der Waals surface area contributed by atoms with Gasteiger partial charge >= 0.3 is 0 Å². The number of hydrogen-bond acceptors (Lipinski definition) is 4. The third-order valence-electron chi connectivity index (χ3n) is 5.59. The number of benzene rings is 2. The van der Waals surface area contributed by atoms with E-state index in [0.717, 1.165) is 0 Å². The van der Waals surface area contributed by atoms with Gasteiger partial charge in [-0.3, -0.25) is 0 Å². The Morgan fingerprint density at radius 2 is 1.32 bits per heavy atom. The maximum Gasteiger partial charge on any atom is 0.246 e. The van der Waals surface area contributed by atoms with Crippen LogP contribution in [0.15, 0.2) is 58.3 Å². The number of hydrogen-bond donors (Lipinski definition) is 0. The van der Waals surface area contributed by atoms with Crippen molar-refractivity contribution in [2.75, 3.05) is 0 Å². The van der Waals surface area contributed by atoms with E-state index in [-0.39, 0.29) is 44.8 Å². The highest BCUT2D eigenvalue weighted by Gasteiger charge is 2.50. The normalized spacial score (nSPS) is 25.7. The topological polar surface area (TPSA) is 71.5 Å². The summed E-state index contributed by atoms with van der Waals surface area (Å²) in [6.07, 6.45) is 1.81. The highest BCUT2D eigenvalue weighted by atomic mass is 35.5. The van der Waals surface area contributed by atoms with Crippen LogP contribution < -0.4 is 0 Å². The molecule has 2 aliphatic heterocycles. The summed E-state index contributed by atoms with van der Waals surface area (Å²) in [6, 6.07) is 12.2. The van der Waals surface area contributed by atoms with Crippen LogP contribution in [0.3, 0.4) is 0 Å². The van der Waals surface area contributed by atoms with Crippen LogP contribution in [0.25, 0.3) is 0 Å². The summed E-state index contributed by atoms with van der Waals surface area (Å²) >= 11 is 12.3. The molecule has 0 amide bonds. The molecule has 0 spiro atoms. The van der Waals surface area contributed by atoms with Gasteiger partial charge in [0.25, 0.3) is 0 Å². The number of sulfonamides is 1. The fourth-order valence-electron chi connectivity index (χ4n) is 4.37. The van der Waals surface area contributed by atoms with Gasteiger partial charge in [-0.25, -0.2) is 16.8 Å². The molecular weight excluding hydrogens is 441 g/mol. The Kier molecular flexibility index (Phi) is 5.25. The van der Waals surface area contributed by atoms with Gasteiger partial charge in [0.1, 0.15) is 4.90 Å². The Hall–Kier alpha value is -1.12. The zero-order valence-electron chi connectivity index (χ0n) is 14.8. The van der Waals surface area contributed by atoms with Crippen LogP contribution in [0.2, 0.25) is 10.0 Å². The van der Waals surface area contributed by atoms with Crippen molar-refractivity contribution in [1.82, 2.24) is 4.31 Å². The molecule has 28 heavy (non-hydrogen) atoms. The first-order valence-electron chi connectivity index (χ1n) is 8.99. The van der Waals surface area contributed by atoms with Crippen molar-refractivity contribution in [3.05, 3.63) is 58.6 Å². The zero-order chi connectivity index (χ0) is 20.1. The summed E-state index contributed by atoms with van der Waals surface area (Å²) in [5.41, 5.74) is 0. The molecule has 2 saturated heterocycles. The lowest BCUT2D eigenvalue weighted by molar-refractivity contribution is 0.249. The van der Waals surface area contributed by atoms with Gasteiger partial charge in [0.2, 0.25) is 10.0 Å². The number of halogens is 2. The average molecular weight is 460 g/mol. The van der Waals surface area contributed by atoms with E-state index >= 15 is 0 Å². The second kappa shape index (κ2) is 7.29. The Morgan fingerprint density at radius 1 is 0.786 bits per heavy atom. The maximum atomic E-state index is 13.3. The fraction of sp³-hybridized carbons (Fsp3) is 0.368. The van der Waals surface area contributed by atoms with Crippen LogP contribution in [-0.2, 0) is 19.9 Å². The van der Waals surface area contributed by atoms with Gasteiger partial charge in [-0.15, -0.1) is 0 Å². The summed E-state index contributed by atoms with van der Waals surface area (Å²) in [7, 11) is -7.43. The quantitative estimate of drug-likeness (QED) is 0.687. The Bertz CT molecular complexity index is 1070. The molecule has 5 nitrogen and oxygen atoms in total. The Morgan fingerprint density at radius 3 is 1.86 bits per heavy atom. The second-order valence-corrected chi connectivity index (χ2v) is 12.0. The highest BCUT2D eigenvalue weighted by molar-refractivity contribution is 7.92. The molecule has 9 heteroatoms. The van der Waals surface area contributed by atoms with Crippen molar-refractivity contribution < 1.29 is 16.8 Å². The van der Waals surface area contributed by atoms with E-state index in [0.29, 0.717) is 12.8 Å². The van der Waals surface area contributed by atoms with Crippen molar-refractivity contribution >= 4 is 43.1 Å². The van der Waals surface area contributed by atoms with Crippen molar-refractivity contribution in [1.29, 1.82) is 0 Å². The second-order valence-electron chi connectivity index (χ2n) is 7.22. The minimum absolute atomic E-state index is 0.0749. The summed E-state index contributed by atoms with van der Waals surface area (Å²) in [5, 5.41) is -0.447. The Balaban J connectivity index is 1.67. The smallest absolute Gasteiger partial charge is 0.223 e. The molecular formula is C19H19Cl2NO4S2. The van der Waals surface area contributed by atoms with E-state index in [1.165, 1.54) is 16.4 Å². The minimum atomic E-state index is -3.92. The van der Waals surface area contributed by atoms with Crippen LogP contribution in [0, 0.1) is 0 Å². The molecule has 150 valence electrons. The third-order valence-corrected chi connectivity index (χ3v) is 10.7. The molecule has 2 atom stereocenters. The van der Waals surface area contributed by atoms with E-state index in [9.17, 15) is 16.8 Å². The summed E-state index contributed by atoms with van der Waals surface area (Å²) in [5.74, 6) is 0. The molecule has 4 rings (SSSR count). The van der Waals surface area contributed by atoms with Crippen LogP contribution in [0.5, 0.6) is 0 Å². The molecule has 2 fully saturated rings. The fourth-order valence-corrected chi connectivity index (χ4v) is 9.23. The van der Waals surface area contributed by atoms with Crippen molar-refractivity contribution in [3.63, 3.8) is 0 Å². The number of sulfone groups is 1. The SMILES string of the molecule is O=S(=O)(c1ccccc1)C1CC2CCC(C1)N2S(=O)(=O)c1c(Cl)cccc1Cl. The number of nitrogens with zero attached hydrogens (tertiary/aromatic N) is 1. The molecule has 2 heterocycles. The maximum absolute atomic E-state index is 13.3. The minimum Gasteiger partial charge on any atom is -0.223 e. The molecule has 2 aliphatic rings. The largest absolute Gasteiger partial charge is 0.246 e. The van der Waals surface area contributed by atoms with E-state index in [1.54, 1.807) is 36.4 Å². The summed E-state index contributed by atoms with van der Waals surface area (Å²) in [6.45, 7) is 0. The van der Waals surface area contributed by atoms with Gasteiger partial charge < -0.3 is 0 Å². The first-order chi connectivity index (χ1) is 13.2. The van der Waals surface area contributed by atoms with Crippen LogP contribution >= 0.6 is 23.2 Å². The van der Waals surface area contributed by atoms with E-state index in [2.05, 4.69) is 0 Å². The highest BCUT2D eigenvalue weighted by Crippen LogP contribution is 2.44. The zero-order valence-corrected chi connectivity index (χ0v) is 18.0. The standard InChI is InChI=1S/C19H19Cl2NO4S2/c20-17-7-4-8-18(21)19(17)28(25,26)22-13-9-10-14(22)12-16(11-13)27(23,24)15-5-2-1-3-6-15/h1-8,13-14,16H,9-12H2. The van der Waals surface area contributed by atoms with Crippen LogP contribution in [-0.4, -0.2) is 38.5 Å². The van der Waals surface area contributed by atoms with Crippen LogP contribution in [0.4, 0.5) is 0 Å². The average Bonchev–Trinajstić information content (AvgIpc) is 2.93. The van der Waals surface area contributed by atoms with Gasteiger partial charge in [-0.05, 0) is 49.9 Å². The van der Waals surface area contributed by atoms with E-state index in [4.69, 9.17) is 23.2 Å². The molecule has 2 bridgehead atoms. The predicted octanol–water partition coefficient (Wildman–Crippen LogP) is 4.15. The molecule has 2 aromatic carbocycles. The molecule has 0 N–H and O–H groups in total. The van der Waals surface area contributed by atoms with E-state index < -0.39 is 25.1 Å². The summed E-state index contributed by atoms with van der Waals surface area (Å²) in [4.78, 5) is 0.185. The molecule has 0 aromatic heterocycles. The van der Waals surface area contributed by atoms with Gasteiger partial charge in [0.05, 0.1) is 20.2 Å². The molecule has 0 saturated carbocycles. The first kappa shape index (κ1) is 20.2. The van der Waals surface area contributed by atoms with Gasteiger partial charge in [0.15, 0.2) is 9.84 Å². The van der Waals surface area contributed by atoms with Crippen molar-refractivity contribution in [2.45, 2.75) is 52.8 Å².